The van der Waals surface area contributed by atoms with Crippen molar-refractivity contribution in [2.75, 3.05) is 6.61 Å². The molecular formula is C9H9NO3. The monoisotopic (exact) mass is 179 g/mol. The molecule has 0 bridgehead atoms. The zero-order valence-electron chi connectivity index (χ0n) is 7.11. The lowest BCUT2D eigenvalue weighted by atomic mass is 10.2. The maximum absolute atomic E-state index is 9.16. The summed E-state index contributed by atoms with van der Waals surface area (Å²) in [5, 5.41) is 26.9. The molecule has 0 unspecified atom stereocenters. The fraction of sp³-hybridized carbons (Fsp3) is 0.222. The molecule has 0 atom stereocenters. The van der Waals surface area contributed by atoms with Gasteiger partial charge in [-0.25, -0.2) is 0 Å². The SMILES string of the molecule is CCOc1cc(O)c(O)c(C#N)c1. The van der Waals surface area contributed by atoms with Crippen molar-refractivity contribution in [2.45, 2.75) is 6.92 Å². The van der Waals surface area contributed by atoms with Gasteiger partial charge in [0.1, 0.15) is 17.4 Å². The van der Waals surface area contributed by atoms with Crippen LogP contribution in [0.25, 0.3) is 0 Å². The van der Waals surface area contributed by atoms with Gasteiger partial charge in [-0.15, -0.1) is 0 Å². The molecule has 0 fully saturated rings. The summed E-state index contributed by atoms with van der Waals surface area (Å²) in [7, 11) is 0. The van der Waals surface area contributed by atoms with Crippen LogP contribution < -0.4 is 4.74 Å². The summed E-state index contributed by atoms with van der Waals surface area (Å²) in [6, 6.07) is 4.38. The summed E-state index contributed by atoms with van der Waals surface area (Å²) in [6.07, 6.45) is 0. The average molecular weight is 179 g/mol. The number of phenolic OH excluding ortho intramolecular Hbond substituents is 2. The van der Waals surface area contributed by atoms with E-state index in [1.54, 1.807) is 13.0 Å². The van der Waals surface area contributed by atoms with Gasteiger partial charge in [0.15, 0.2) is 11.5 Å². The third-order valence-electron chi connectivity index (χ3n) is 1.49. The molecule has 0 aliphatic carbocycles. The molecular weight excluding hydrogens is 170 g/mol. The highest BCUT2D eigenvalue weighted by atomic mass is 16.5. The summed E-state index contributed by atoms with van der Waals surface area (Å²) in [6.45, 7) is 2.23. The van der Waals surface area contributed by atoms with Gasteiger partial charge in [-0.2, -0.15) is 5.26 Å². The minimum Gasteiger partial charge on any atom is -0.504 e. The maximum atomic E-state index is 9.16. The zero-order valence-corrected chi connectivity index (χ0v) is 7.11. The molecule has 0 saturated carbocycles. The van der Waals surface area contributed by atoms with Gasteiger partial charge < -0.3 is 14.9 Å². The van der Waals surface area contributed by atoms with Crippen molar-refractivity contribution < 1.29 is 14.9 Å². The second-order valence-corrected chi connectivity index (χ2v) is 2.38. The van der Waals surface area contributed by atoms with Gasteiger partial charge in [0.2, 0.25) is 0 Å². The Labute approximate surface area is 75.6 Å². The van der Waals surface area contributed by atoms with Crippen LogP contribution in [0.1, 0.15) is 12.5 Å². The van der Waals surface area contributed by atoms with Gasteiger partial charge in [-0.1, -0.05) is 0 Å². The maximum Gasteiger partial charge on any atom is 0.175 e. The first-order valence-corrected chi connectivity index (χ1v) is 3.78. The number of ether oxygens (including phenoxy) is 1. The van der Waals surface area contributed by atoms with Crippen LogP contribution in [-0.2, 0) is 0 Å². The molecule has 4 heteroatoms. The number of aromatic hydroxyl groups is 2. The fourth-order valence-electron chi connectivity index (χ4n) is 0.929. The summed E-state index contributed by atoms with van der Waals surface area (Å²) >= 11 is 0. The average Bonchev–Trinajstić information content (AvgIpc) is 2.11. The molecule has 0 spiro atoms. The number of nitriles is 1. The van der Waals surface area contributed by atoms with Crippen LogP contribution in [-0.4, -0.2) is 16.8 Å². The molecule has 1 rings (SSSR count). The lowest BCUT2D eigenvalue weighted by Crippen LogP contribution is -1.91. The van der Waals surface area contributed by atoms with Crippen LogP contribution in [0.5, 0.6) is 17.2 Å². The van der Waals surface area contributed by atoms with Gasteiger partial charge >= 0.3 is 0 Å². The van der Waals surface area contributed by atoms with Gasteiger partial charge in [0, 0.05) is 12.1 Å². The molecule has 0 heterocycles. The minimum absolute atomic E-state index is 0.00319. The lowest BCUT2D eigenvalue weighted by Gasteiger charge is -2.05. The minimum atomic E-state index is -0.411. The topological polar surface area (TPSA) is 73.5 Å². The van der Waals surface area contributed by atoms with Crippen LogP contribution in [0.4, 0.5) is 0 Å². The lowest BCUT2D eigenvalue weighted by molar-refractivity contribution is 0.334. The van der Waals surface area contributed by atoms with E-state index in [1.807, 2.05) is 0 Å². The van der Waals surface area contributed by atoms with Gasteiger partial charge in [0.25, 0.3) is 0 Å². The molecule has 0 aromatic heterocycles. The van der Waals surface area contributed by atoms with E-state index in [0.29, 0.717) is 12.4 Å². The highest BCUT2D eigenvalue weighted by molar-refractivity contribution is 5.55. The molecule has 2 N–H and O–H groups in total. The Morgan fingerprint density at radius 1 is 1.46 bits per heavy atom. The van der Waals surface area contributed by atoms with E-state index in [2.05, 4.69) is 0 Å². The quantitative estimate of drug-likeness (QED) is 0.672. The second kappa shape index (κ2) is 3.68. The summed E-state index contributed by atoms with van der Waals surface area (Å²) < 4.78 is 5.06. The van der Waals surface area contributed by atoms with Crippen molar-refractivity contribution in [3.63, 3.8) is 0 Å². The van der Waals surface area contributed by atoms with E-state index in [1.165, 1.54) is 12.1 Å². The van der Waals surface area contributed by atoms with Crippen molar-refractivity contribution in [2.24, 2.45) is 0 Å². The second-order valence-electron chi connectivity index (χ2n) is 2.38. The first kappa shape index (κ1) is 9.20. The predicted molar refractivity (Wildman–Crippen MR) is 45.7 cm³/mol. The Hall–Kier alpha value is -1.89. The van der Waals surface area contributed by atoms with E-state index < -0.39 is 5.75 Å². The third kappa shape index (κ3) is 1.82. The van der Waals surface area contributed by atoms with E-state index in [0.717, 1.165) is 0 Å². The number of rotatable bonds is 2. The molecule has 0 saturated heterocycles. The van der Waals surface area contributed by atoms with Crippen molar-refractivity contribution in [3.05, 3.63) is 17.7 Å². The predicted octanol–water partition coefficient (Wildman–Crippen LogP) is 1.37. The highest BCUT2D eigenvalue weighted by Crippen LogP contribution is 2.32. The zero-order chi connectivity index (χ0) is 9.84. The molecule has 1 aromatic rings. The first-order valence-electron chi connectivity index (χ1n) is 3.78. The largest absolute Gasteiger partial charge is 0.504 e. The Morgan fingerprint density at radius 2 is 2.15 bits per heavy atom. The Bertz CT molecular complexity index is 355. The van der Waals surface area contributed by atoms with E-state index >= 15 is 0 Å². The number of phenols is 2. The fourth-order valence-corrected chi connectivity index (χ4v) is 0.929. The molecule has 13 heavy (non-hydrogen) atoms. The highest BCUT2D eigenvalue weighted by Gasteiger charge is 2.08. The van der Waals surface area contributed by atoms with Gasteiger partial charge in [0.05, 0.1) is 6.61 Å². The number of nitrogens with zero attached hydrogens (tertiary/aromatic N) is 1. The number of benzene rings is 1. The van der Waals surface area contributed by atoms with Crippen LogP contribution in [0, 0.1) is 11.3 Å². The molecule has 1 aromatic carbocycles. The van der Waals surface area contributed by atoms with Crippen LogP contribution in [0.2, 0.25) is 0 Å². The van der Waals surface area contributed by atoms with Crippen molar-refractivity contribution >= 4 is 0 Å². The van der Waals surface area contributed by atoms with Gasteiger partial charge in [-0.05, 0) is 6.92 Å². The number of hydrogen-bond donors (Lipinski definition) is 2. The Balaban J connectivity index is 3.16. The van der Waals surface area contributed by atoms with Crippen LogP contribution in [0.15, 0.2) is 12.1 Å². The molecule has 0 radical (unpaired) electrons. The smallest absolute Gasteiger partial charge is 0.175 e. The van der Waals surface area contributed by atoms with E-state index in [9.17, 15) is 0 Å². The Kier molecular flexibility index (Phi) is 2.60. The van der Waals surface area contributed by atoms with Crippen LogP contribution in [0.3, 0.4) is 0 Å². The summed E-state index contributed by atoms with van der Waals surface area (Å²) in [5.41, 5.74) is 0.00319. The van der Waals surface area contributed by atoms with Crippen molar-refractivity contribution in [1.29, 1.82) is 5.26 Å². The van der Waals surface area contributed by atoms with Crippen molar-refractivity contribution in [3.8, 4) is 23.3 Å². The first-order chi connectivity index (χ1) is 6.19. The van der Waals surface area contributed by atoms with Crippen LogP contribution >= 0.6 is 0 Å². The molecule has 0 aliphatic rings. The molecule has 68 valence electrons. The van der Waals surface area contributed by atoms with E-state index in [4.69, 9.17) is 20.2 Å². The normalized spacial score (nSPS) is 9.23. The summed E-state index contributed by atoms with van der Waals surface area (Å²) in [4.78, 5) is 0. The Morgan fingerprint density at radius 3 is 2.69 bits per heavy atom. The molecule has 4 nitrogen and oxygen atoms in total. The molecule has 0 aliphatic heterocycles. The third-order valence-corrected chi connectivity index (χ3v) is 1.49. The number of hydrogen-bond acceptors (Lipinski definition) is 4. The van der Waals surface area contributed by atoms with E-state index in [-0.39, 0.29) is 11.3 Å². The van der Waals surface area contributed by atoms with Crippen molar-refractivity contribution in [1.82, 2.24) is 0 Å². The van der Waals surface area contributed by atoms with Gasteiger partial charge in [-0.3, -0.25) is 0 Å². The summed E-state index contributed by atoms with van der Waals surface area (Å²) in [5.74, 6) is -0.386. The molecule has 0 amide bonds. The standard InChI is InChI=1S/C9H9NO3/c1-2-13-7-3-6(5-10)9(12)8(11)4-7/h3-4,11-12H,2H2,1H3.